The zero-order chi connectivity index (χ0) is 17.0. The van der Waals surface area contributed by atoms with E-state index in [2.05, 4.69) is 20.0 Å². The summed E-state index contributed by atoms with van der Waals surface area (Å²) >= 11 is 1.48. The molecule has 2 aliphatic heterocycles. The van der Waals surface area contributed by atoms with Crippen molar-refractivity contribution in [3.05, 3.63) is 40.7 Å². The lowest BCUT2D eigenvalue weighted by Gasteiger charge is -2.43. The third kappa shape index (κ3) is 2.38. The molecule has 2 unspecified atom stereocenters. The number of nitrogens with two attached hydrogens (primary N) is 1. The summed E-state index contributed by atoms with van der Waals surface area (Å²) in [6.07, 6.45) is 0.730. The van der Waals surface area contributed by atoms with Gasteiger partial charge in [-0.15, -0.1) is 0 Å². The van der Waals surface area contributed by atoms with E-state index in [1.54, 1.807) is 12.1 Å². The SMILES string of the molecule is Nc1nc2c(s1)C1COCC(C2)N1c1nc(-c2ccc(F)cc2)no1. The highest BCUT2D eigenvalue weighted by Gasteiger charge is 2.42. The summed E-state index contributed by atoms with van der Waals surface area (Å²) in [5.41, 5.74) is 7.63. The average molecular weight is 359 g/mol. The van der Waals surface area contributed by atoms with Crippen LogP contribution < -0.4 is 10.6 Å². The Balaban J connectivity index is 1.52. The van der Waals surface area contributed by atoms with Crippen molar-refractivity contribution in [2.24, 2.45) is 0 Å². The maximum atomic E-state index is 13.1. The fourth-order valence-electron chi connectivity index (χ4n) is 3.43. The number of nitrogens with zero attached hydrogens (tertiary/aromatic N) is 4. The van der Waals surface area contributed by atoms with Gasteiger partial charge in [0.25, 0.3) is 0 Å². The number of benzene rings is 1. The molecule has 5 rings (SSSR count). The highest BCUT2D eigenvalue weighted by molar-refractivity contribution is 7.15. The molecule has 4 heterocycles. The number of morpholine rings is 1. The van der Waals surface area contributed by atoms with Gasteiger partial charge in [0.05, 0.1) is 35.9 Å². The van der Waals surface area contributed by atoms with Crippen LogP contribution in [0.25, 0.3) is 11.4 Å². The van der Waals surface area contributed by atoms with Crippen LogP contribution in [0.5, 0.6) is 0 Å². The predicted molar refractivity (Wildman–Crippen MR) is 89.7 cm³/mol. The summed E-state index contributed by atoms with van der Waals surface area (Å²) in [5, 5.41) is 4.62. The Morgan fingerprint density at radius 2 is 2.04 bits per heavy atom. The van der Waals surface area contributed by atoms with Gasteiger partial charge in [-0.3, -0.25) is 0 Å². The number of nitrogen functional groups attached to an aromatic ring is 1. The fourth-order valence-corrected chi connectivity index (χ4v) is 4.37. The van der Waals surface area contributed by atoms with Gasteiger partial charge in [-0.2, -0.15) is 4.98 Å². The topological polar surface area (TPSA) is 90.3 Å². The first-order valence-electron chi connectivity index (χ1n) is 7.90. The molecule has 1 fully saturated rings. The molecule has 9 heteroatoms. The Kier molecular flexibility index (Phi) is 3.25. The molecular weight excluding hydrogens is 345 g/mol. The van der Waals surface area contributed by atoms with Crippen LogP contribution in [0.3, 0.4) is 0 Å². The van der Waals surface area contributed by atoms with E-state index in [9.17, 15) is 4.39 Å². The molecule has 2 bridgehead atoms. The van der Waals surface area contributed by atoms with E-state index in [0.717, 1.165) is 17.0 Å². The summed E-state index contributed by atoms with van der Waals surface area (Å²) in [7, 11) is 0. The molecule has 2 atom stereocenters. The Labute approximate surface area is 146 Å². The first-order chi connectivity index (χ1) is 12.2. The lowest BCUT2D eigenvalue weighted by atomic mass is 9.97. The largest absolute Gasteiger partial charge is 0.377 e. The lowest BCUT2D eigenvalue weighted by molar-refractivity contribution is 0.0570. The van der Waals surface area contributed by atoms with E-state index in [1.807, 2.05) is 0 Å². The normalized spacial score (nSPS) is 22.0. The number of thiazole rings is 1. The van der Waals surface area contributed by atoms with E-state index >= 15 is 0 Å². The standard InChI is InChI=1S/C16H14FN5O2S/c17-9-3-1-8(2-4-9)14-20-16(24-21-14)22-10-5-11-13(25-15(18)19-11)12(22)7-23-6-10/h1-4,10,12H,5-7H2,(H2,18,19). The van der Waals surface area contributed by atoms with Crippen LogP contribution >= 0.6 is 11.3 Å². The van der Waals surface area contributed by atoms with Gasteiger partial charge in [0.1, 0.15) is 5.82 Å². The summed E-state index contributed by atoms with van der Waals surface area (Å²) in [4.78, 5) is 12.1. The highest BCUT2D eigenvalue weighted by Crippen LogP contribution is 2.42. The van der Waals surface area contributed by atoms with Gasteiger partial charge in [-0.1, -0.05) is 16.5 Å². The Morgan fingerprint density at radius 3 is 2.88 bits per heavy atom. The van der Waals surface area contributed by atoms with Crippen molar-refractivity contribution >= 4 is 22.5 Å². The molecule has 7 nitrogen and oxygen atoms in total. The minimum absolute atomic E-state index is 0.0289. The van der Waals surface area contributed by atoms with Crippen molar-refractivity contribution in [2.75, 3.05) is 23.8 Å². The molecular formula is C16H14FN5O2S. The number of anilines is 2. The zero-order valence-corrected chi connectivity index (χ0v) is 13.9. The number of aromatic nitrogens is 3. The van der Waals surface area contributed by atoms with Crippen molar-refractivity contribution in [1.82, 2.24) is 15.1 Å². The molecule has 0 amide bonds. The lowest BCUT2D eigenvalue weighted by Crippen LogP contribution is -2.51. The van der Waals surface area contributed by atoms with Crippen LogP contribution in [0.1, 0.15) is 16.6 Å². The second-order valence-corrected chi connectivity index (χ2v) is 7.15. The third-order valence-electron chi connectivity index (χ3n) is 4.53. The van der Waals surface area contributed by atoms with Crippen LogP contribution in [-0.2, 0) is 11.2 Å². The van der Waals surface area contributed by atoms with Gasteiger partial charge in [0.2, 0.25) is 5.82 Å². The Morgan fingerprint density at radius 1 is 1.20 bits per heavy atom. The minimum atomic E-state index is -0.300. The van der Waals surface area contributed by atoms with Crippen LogP contribution in [0.15, 0.2) is 28.8 Å². The first-order valence-corrected chi connectivity index (χ1v) is 8.71. The summed E-state index contributed by atoms with van der Waals surface area (Å²) in [5.74, 6) is 0.133. The maximum absolute atomic E-state index is 13.1. The fraction of sp³-hybridized carbons (Fsp3) is 0.312. The summed E-state index contributed by atoms with van der Waals surface area (Å²) in [6, 6.07) is 6.50. The molecule has 128 valence electrons. The minimum Gasteiger partial charge on any atom is -0.377 e. The molecule has 1 saturated heterocycles. The molecule has 0 spiro atoms. The molecule has 2 aliphatic rings. The van der Waals surface area contributed by atoms with E-state index < -0.39 is 0 Å². The molecule has 2 aromatic heterocycles. The maximum Gasteiger partial charge on any atom is 0.325 e. The van der Waals surface area contributed by atoms with E-state index in [0.29, 0.717) is 35.7 Å². The smallest absolute Gasteiger partial charge is 0.325 e. The van der Waals surface area contributed by atoms with E-state index in [-0.39, 0.29) is 17.9 Å². The average Bonchev–Trinajstić information content (AvgIpc) is 3.21. The first kappa shape index (κ1) is 14.8. The predicted octanol–water partition coefficient (Wildman–Crippen LogP) is 2.42. The highest BCUT2D eigenvalue weighted by atomic mass is 32.1. The number of ether oxygens (including phenoxy) is 1. The second kappa shape index (κ2) is 5.50. The summed E-state index contributed by atoms with van der Waals surface area (Å²) < 4.78 is 24.3. The molecule has 0 radical (unpaired) electrons. The van der Waals surface area contributed by atoms with E-state index in [1.165, 1.54) is 23.5 Å². The van der Waals surface area contributed by atoms with Crippen molar-refractivity contribution in [1.29, 1.82) is 0 Å². The van der Waals surface area contributed by atoms with Gasteiger partial charge in [-0.05, 0) is 24.3 Å². The number of hydrogen-bond acceptors (Lipinski definition) is 8. The van der Waals surface area contributed by atoms with Crippen molar-refractivity contribution in [2.45, 2.75) is 18.5 Å². The Bertz CT molecular complexity index is 925. The van der Waals surface area contributed by atoms with Crippen LogP contribution in [0.2, 0.25) is 0 Å². The molecule has 3 aromatic rings. The number of hydrogen-bond donors (Lipinski definition) is 1. The zero-order valence-electron chi connectivity index (χ0n) is 13.1. The monoisotopic (exact) mass is 359 g/mol. The van der Waals surface area contributed by atoms with Crippen LogP contribution in [0.4, 0.5) is 15.5 Å². The number of rotatable bonds is 2. The van der Waals surface area contributed by atoms with Crippen molar-refractivity contribution in [3.63, 3.8) is 0 Å². The Hall–Kier alpha value is -2.52. The van der Waals surface area contributed by atoms with Gasteiger partial charge in [-0.25, -0.2) is 9.37 Å². The van der Waals surface area contributed by atoms with E-state index in [4.69, 9.17) is 15.0 Å². The second-order valence-electron chi connectivity index (χ2n) is 6.09. The molecule has 0 aliphatic carbocycles. The van der Waals surface area contributed by atoms with Gasteiger partial charge in [0, 0.05) is 12.0 Å². The molecule has 0 saturated carbocycles. The number of fused-ring (bicyclic) bond motifs is 4. The molecule has 25 heavy (non-hydrogen) atoms. The van der Waals surface area contributed by atoms with Crippen LogP contribution in [0, 0.1) is 5.82 Å². The van der Waals surface area contributed by atoms with Crippen molar-refractivity contribution < 1.29 is 13.7 Å². The molecule has 2 N–H and O–H groups in total. The third-order valence-corrected chi connectivity index (χ3v) is 5.56. The van der Waals surface area contributed by atoms with Gasteiger partial charge < -0.3 is 19.9 Å². The van der Waals surface area contributed by atoms with Crippen LogP contribution in [-0.4, -0.2) is 34.4 Å². The summed E-state index contributed by atoms with van der Waals surface area (Å²) in [6.45, 7) is 1.10. The van der Waals surface area contributed by atoms with Gasteiger partial charge >= 0.3 is 6.01 Å². The quantitative estimate of drug-likeness (QED) is 0.751. The molecule has 1 aromatic carbocycles. The van der Waals surface area contributed by atoms with Crippen molar-refractivity contribution in [3.8, 4) is 11.4 Å². The number of halogens is 1. The van der Waals surface area contributed by atoms with Gasteiger partial charge in [0.15, 0.2) is 5.13 Å².